The smallest absolute Gasteiger partial charge is 0.270 e. The zero-order chi connectivity index (χ0) is 16.1. The van der Waals surface area contributed by atoms with Crippen molar-refractivity contribution in [3.8, 4) is 0 Å². The molecule has 0 radical (unpaired) electrons. The molecule has 1 amide bonds. The minimum atomic E-state index is -0.422. The normalized spacial score (nSPS) is 10.1. The molecule has 0 saturated heterocycles. The molecule has 0 aliphatic rings. The fraction of sp³-hybridized carbons (Fsp3) is 0.125. The molecule has 22 heavy (non-hydrogen) atoms. The lowest BCUT2D eigenvalue weighted by Gasteiger charge is -2.11. The molecule has 0 aliphatic carbocycles. The van der Waals surface area contributed by atoms with Crippen LogP contribution in [0.2, 0.25) is 5.02 Å². The maximum Gasteiger partial charge on any atom is 0.270 e. The molecule has 0 aliphatic heterocycles. The van der Waals surface area contributed by atoms with E-state index in [0.29, 0.717) is 17.1 Å². The van der Waals surface area contributed by atoms with Gasteiger partial charge < -0.3 is 10.6 Å². The van der Waals surface area contributed by atoms with Crippen LogP contribution in [-0.4, -0.2) is 18.7 Å². The molecule has 3 N–H and O–H groups in total. The van der Waals surface area contributed by atoms with E-state index in [4.69, 9.17) is 17.0 Å². The van der Waals surface area contributed by atoms with Gasteiger partial charge in [-0.05, 0) is 35.9 Å². The van der Waals surface area contributed by atoms with Crippen molar-refractivity contribution >= 4 is 44.8 Å². The van der Waals surface area contributed by atoms with Gasteiger partial charge in [0.15, 0.2) is 0 Å². The van der Waals surface area contributed by atoms with Crippen LogP contribution in [0.1, 0.15) is 11.1 Å². The maximum absolute atomic E-state index is 12.1. The first-order valence-corrected chi connectivity index (χ1v) is 7.77. The number of hydrogen-bond donors (Lipinski definition) is 3. The van der Waals surface area contributed by atoms with E-state index in [-0.39, 0.29) is 5.71 Å². The van der Waals surface area contributed by atoms with Gasteiger partial charge in [0.2, 0.25) is 0 Å². The third-order valence-electron chi connectivity index (χ3n) is 3.11. The summed E-state index contributed by atoms with van der Waals surface area (Å²) in [6, 6.07) is 12.6. The highest BCUT2D eigenvalue weighted by Gasteiger charge is 2.15. The SMILES string of the molecule is CNc1cc(Br)ccc1C(=N)C(=O)NCc1ccc(Cl)cc1. The van der Waals surface area contributed by atoms with Gasteiger partial charge in [-0.2, -0.15) is 0 Å². The Labute approximate surface area is 142 Å². The van der Waals surface area contributed by atoms with Crippen LogP contribution < -0.4 is 10.6 Å². The molecule has 0 fully saturated rings. The lowest BCUT2D eigenvalue weighted by Crippen LogP contribution is -2.31. The number of benzene rings is 2. The zero-order valence-corrected chi connectivity index (χ0v) is 14.3. The quantitative estimate of drug-likeness (QED) is 0.690. The van der Waals surface area contributed by atoms with Crippen LogP contribution in [0.4, 0.5) is 5.69 Å². The second-order valence-corrected chi connectivity index (χ2v) is 5.98. The Balaban J connectivity index is 2.06. The summed E-state index contributed by atoms with van der Waals surface area (Å²) in [6.07, 6.45) is 0. The Bertz CT molecular complexity index is 701. The Morgan fingerprint density at radius 3 is 2.55 bits per heavy atom. The number of carbonyl (C=O) groups excluding carboxylic acids is 1. The number of nitrogens with one attached hydrogen (secondary N) is 3. The van der Waals surface area contributed by atoms with Gasteiger partial charge in [0.05, 0.1) is 0 Å². The van der Waals surface area contributed by atoms with E-state index < -0.39 is 5.91 Å². The van der Waals surface area contributed by atoms with Crippen LogP contribution in [0.15, 0.2) is 46.9 Å². The van der Waals surface area contributed by atoms with E-state index in [9.17, 15) is 4.79 Å². The maximum atomic E-state index is 12.1. The molecule has 0 heterocycles. The van der Waals surface area contributed by atoms with Gasteiger partial charge in [-0.1, -0.05) is 39.7 Å². The van der Waals surface area contributed by atoms with E-state index >= 15 is 0 Å². The first kappa shape index (κ1) is 16.5. The molecule has 2 aromatic carbocycles. The van der Waals surface area contributed by atoms with Gasteiger partial charge in [0, 0.05) is 34.3 Å². The predicted octanol–water partition coefficient (Wildman–Crippen LogP) is 3.83. The summed E-state index contributed by atoms with van der Waals surface area (Å²) in [5.41, 5.74) is 2.13. The number of anilines is 1. The molecule has 0 atom stereocenters. The number of amides is 1. The lowest BCUT2D eigenvalue weighted by molar-refractivity contribution is -0.114. The van der Waals surface area contributed by atoms with Crippen LogP contribution in [0.5, 0.6) is 0 Å². The topological polar surface area (TPSA) is 65.0 Å². The molecule has 2 aromatic rings. The predicted molar refractivity (Wildman–Crippen MR) is 93.8 cm³/mol. The fourth-order valence-electron chi connectivity index (χ4n) is 1.94. The van der Waals surface area contributed by atoms with E-state index in [1.54, 1.807) is 31.3 Å². The summed E-state index contributed by atoms with van der Waals surface area (Å²) in [4.78, 5) is 12.1. The minimum Gasteiger partial charge on any atom is -0.388 e. The molecule has 4 nitrogen and oxygen atoms in total. The average molecular weight is 381 g/mol. The van der Waals surface area contributed by atoms with Gasteiger partial charge in [-0.3, -0.25) is 10.2 Å². The second-order valence-electron chi connectivity index (χ2n) is 4.62. The second kappa shape index (κ2) is 7.42. The van der Waals surface area contributed by atoms with Gasteiger partial charge in [-0.25, -0.2) is 0 Å². The highest BCUT2D eigenvalue weighted by Crippen LogP contribution is 2.21. The molecule has 0 saturated carbocycles. The molecule has 0 aromatic heterocycles. The van der Waals surface area contributed by atoms with Gasteiger partial charge >= 0.3 is 0 Å². The standard InChI is InChI=1S/C16H15BrClN3O/c1-20-14-8-11(17)4-7-13(14)15(19)16(22)21-9-10-2-5-12(18)6-3-10/h2-8,19-20H,9H2,1H3,(H,21,22). The molecule has 0 spiro atoms. The zero-order valence-electron chi connectivity index (χ0n) is 11.9. The van der Waals surface area contributed by atoms with Crippen LogP contribution in [-0.2, 0) is 11.3 Å². The van der Waals surface area contributed by atoms with Crippen molar-refractivity contribution in [2.45, 2.75) is 6.54 Å². The van der Waals surface area contributed by atoms with Crippen LogP contribution in [0, 0.1) is 5.41 Å². The van der Waals surface area contributed by atoms with Gasteiger partial charge in [0.25, 0.3) is 5.91 Å². The highest BCUT2D eigenvalue weighted by atomic mass is 79.9. The van der Waals surface area contributed by atoms with Gasteiger partial charge in [-0.15, -0.1) is 0 Å². The first-order valence-electron chi connectivity index (χ1n) is 6.60. The van der Waals surface area contributed by atoms with Crippen LogP contribution >= 0.6 is 27.5 Å². The molecule has 114 valence electrons. The monoisotopic (exact) mass is 379 g/mol. The number of hydrogen-bond acceptors (Lipinski definition) is 3. The summed E-state index contributed by atoms with van der Waals surface area (Å²) in [5, 5.41) is 14.4. The molecule has 0 unspecified atom stereocenters. The van der Waals surface area contributed by atoms with Gasteiger partial charge in [0.1, 0.15) is 5.71 Å². The van der Waals surface area contributed by atoms with Crippen molar-refractivity contribution in [2.75, 3.05) is 12.4 Å². The Kier molecular flexibility index (Phi) is 5.57. The van der Waals surface area contributed by atoms with E-state index in [1.165, 1.54) is 0 Å². The highest BCUT2D eigenvalue weighted by molar-refractivity contribution is 9.10. The van der Waals surface area contributed by atoms with Crippen molar-refractivity contribution in [3.63, 3.8) is 0 Å². The molecule has 6 heteroatoms. The molecular weight excluding hydrogens is 366 g/mol. The van der Waals surface area contributed by atoms with Crippen molar-refractivity contribution in [1.29, 1.82) is 5.41 Å². The van der Waals surface area contributed by atoms with Crippen LogP contribution in [0.3, 0.4) is 0 Å². The fourth-order valence-corrected chi connectivity index (χ4v) is 2.42. The Hall–Kier alpha value is -1.85. The molecule has 2 rings (SSSR count). The van der Waals surface area contributed by atoms with Crippen molar-refractivity contribution in [1.82, 2.24) is 5.32 Å². The number of halogens is 2. The van der Waals surface area contributed by atoms with Crippen molar-refractivity contribution < 1.29 is 4.79 Å². The molecule has 0 bridgehead atoms. The average Bonchev–Trinajstić information content (AvgIpc) is 2.53. The summed E-state index contributed by atoms with van der Waals surface area (Å²) >= 11 is 9.19. The third-order valence-corrected chi connectivity index (χ3v) is 3.86. The summed E-state index contributed by atoms with van der Waals surface area (Å²) in [7, 11) is 1.75. The summed E-state index contributed by atoms with van der Waals surface area (Å²) in [5.74, 6) is -0.422. The first-order chi connectivity index (χ1) is 10.5. The Morgan fingerprint density at radius 2 is 1.91 bits per heavy atom. The largest absolute Gasteiger partial charge is 0.388 e. The minimum absolute atomic E-state index is 0.0780. The van der Waals surface area contributed by atoms with Crippen molar-refractivity contribution in [3.05, 3.63) is 63.1 Å². The Morgan fingerprint density at radius 1 is 1.23 bits per heavy atom. The summed E-state index contributed by atoms with van der Waals surface area (Å²) < 4.78 is 0.884. The summed E-state index contributed by atoms with van der Waals surface area (Å²) in [6.45, 7) is 0.351. The number of rotatable bonds is 5. The van der Waals surface area contributed by atoms with Crippen molar-refractivity contribution in [2.24, 2.45) is 0 Å². The van der Waals surface area contributed by atoms with E-state index in [1.807, 2.05) is 18.2 Å². The van der Waals surface area contributed by atoms with E-state index in [2.05, 4.69) is 26.6 Å². The van der Waals surface area contributed by atoms with Crippen LogP contribution in [0.25, 0.3) is 0 Å². The number of carbonyl (C=O) groups is 1. The van der Waals surface area contributed by atoms with E-state index in [0.717, 1.165) is 15.7 Å². The third kappa shape index (κ3) is 4.08. The lowest BCUT2D eigenvalue weighted by atomic mass is 10.1. The molecular formula is C16H15BrClN3O.